The lowest BCUT2D eigenvalue weighted by atomic mass is 10.0. The maximum atomic E-state index is 6.14. The number of rotatable bonds is 6. The molecule has 0 saturated heterocycles. The van der Waals surface area contributed by atoms with Gasteiger partial charge in [-0.05, 0) is 44.6 Å². The van der Waals surface area contributed by atoms with E-state index in [1.54, 1.807) is 0 Å². The van der Waals surface area contributed by atoms with Crippen LogP contribution in [0.5, 0.6) is 0 Å². The molecule has 90 valence electrons. The van der Waals surface area contributed by atoms with Crippen LogP contribution >= 0.6 is 0 Å². The van der Waals surface area contributed by atoms with Crippen molar-refractivity contribution in [1.82, 2.24) is 4.90 Å². The van der Waals surface area contributed by atoms with Crippen molar-refractivity contribution in [3.8, 4) is 0 Å². The second-order valence-corrected chi connectivity index (χ2v) is 4.69. The molecular weight excluding hydrogens is 196 g/mol. The molecule has 0 aliphatic rings. The number of benzene rings is 1. The normalized spacial score (nSPS) is 13.1. The first-order valence-corrected chi connectivity index (χ1v) is 6.12. The molecule has 2 nitrogen and oxygen atoms in total. The van der Waals surface area contributed by atoms with Gasteiger partial charge in [-0.25, -0.2) is 0 Å². The highest BCUT2D eigenvalue weighted by Gasteiger charge is 2.05. The van der Waals surface area contributed by atoms with Crippen molar-refractivity contribution in [3.63, 3.8) is 0 Å². The summed E-state index contributed by atoms with van der Waals surface area (Å²) >= 11 is 0. The van der Waals surface area contributed by atoms with E-state index in [0.717, 1.165) is 19.4 Å². The van der Waals surface area contributed by atoms with Crippen LogP contribution in [0.1, 0.15) is 36.9 Å². The lowest BCUT2D eigenvalue weighted by Crippen LogP contribution is -2.20. The molecule has 1 aromatic rings. The predicted octanol–water partition coefficient (Wildman–Crippen LogP) is 2.59. The van der Waals surface area contributed by atoms with Crippen molar-refractivity contribution >= 4 is 0 Å². The van der Waals surface area contributed by atoms with Gasteiger partial charge in [-0.2, -0.15) is 0 Å². The molecule has 1 atom stereocenters. The second kappa shape index (κ2) is 6.66. The molecule has 0 aliphatic carbocycles. The van der Waals surface area contributed by atoms with Crippen LogP contribution in [0.25, 0.3) is 0 Å². The summed E-state index contributed by atoms with van der Waals surface area (Å²) in [4.78, 5) is 2.17. The average Bonchev–Trinajstić information content (AvgIpc) is 2.27. The number of nitrogens with two attached hydrogens (primary N) is 1. The summed E-state index contributed by atoms with van der Waals surface area (Å²) in [5.74, 6) is 0. The Balaban J connectivity index is 2.52. The van der Waals surface area contributed by atoms with Crippen LogP contribution in [0.4, 0.5) is 0 Å². The van der Waals surface area contributed by atoms with Crippen LogP contribution in [0.2, 0.25) is 0 Å². The van der Waals surface area contributed by atoms with E-state index in [2.05, 4.69) is 50.2 Å². The Morgan fingerprint density at radius 2 is 1.81 bits per heavy atom. The van der Waals surface area contributed by atoms with Crippen molar-refractivity contribution in [2.24, 2.45) is 5.73 Å². The van der Waals surface area contributed by atoms with Gasteiger partial charge in [0.25, 0.3) is 0 Å². The van der Waals surface area contributed by atoms with Crippen LogP contribution in [-0.2, 0) is 6.42 Å². The van der Waals surface area contributed by atoms with Crippen LogP contribution in [-0.4, -0.2) is 25.5 Å². The molecule has 16 heavy (non-hydrogen) atoms. The van der Waals surface area contributed by atoms with Gasteiger partial charge in [-0.1, -0.05) is 37.6 Å². The first-order chi connectivity index (χ1) is 7.63. The molecule has 1 aromatic carbocycles. The van der Waals surface area contributed by atoms with Gasteiger partial charge in [0.05, 0.1) is 0 Å². The van der Waals surface area contributed by atoms with Gasteiger partial charge in [-0.15, -0.1) is 0 Å². The fourth-order valence-corrected chi connectivity index (χ4v) is 1.78. The molecule has 0 aromatic heterocycles. The Hall–Kier alpha value is -0.860. The van der Waals surface area contributed by atoms with Crippen molar-refractivity contribution in [1.29, 1.82) is 0 Å². The largest absolute Gasteiger partial charge is 0.324 e. The van der Waals surface area contributed by atoms with Gasteiger partial charge >= 0.3 is 0 Å². The van der Waals surface area contributed by atoms with Crippen molar-refractivity contribution < 1.29 is 0 Å². The molecule has 1 rings (SSSR count). The summed E-state index contributed by atoms with van der Waals surface area (Å²) in [6.45, 7) is 3.24. The summed E-state index contributed by atoms with van der Waals surface area (Å²) in [7, 11) is 4.16. The maximum absolute atomic E-state index is 6.14. The van der Waals surface area contributed by atoms with Crippen LogP contribution < -0.4 is 5.73 Å². The summed E-state index contributed by atoms with van der Waals surface area (Å²) in [5, 5.41) is 0. The highest BCUT2D eigenvalue weighted by molar-refractivity contribution is 5.24. The zero-order valence-electron chi connectivity index (χ0n) is 10.7. The van der Waals surface area contributed by atoms with E-state index in [4.69, 9.17) is 5.73 Å². The van der Waals surface area contributed by atoms with Crippen molar-refractivity contribution in [2.75, 3.05) is 20.6 Å². The average molecular weight is 220 g/mol. The minimum atomic E-state index is 0.165. The minimum Gasteiger partial charge on any atom is -0.324 e. The van der Waals surface area contributed by atoms with Gasteiger partial charge in [0, 0.05) is 6.04 Å². The summed E-state index contributed by atoms with van der Waals surface area (Å²) in [5.41, 5.74) is 8.80. The fraction of sp³-hybridized carbons (Fsp3) is 0.571. The fourth-order valence-electron chi connectivity index (χ4n) is 1.78. The predicted molar refractivity (Wildman–Crippen MR) is 70.5 cm³/mol. The van der Waals surface area contributed by atoms with E-state index < -0.39 is 0 Å². The van der Waals surface area contributed by atoms with E-state index >= 15 is 0 Å². The Bertz CT molecular complexity index is 290. The molecule has 0 bridgehead atoms. The third-order valence-corrected chi connectivity index (χ3v) is 2.83. The van der Waals surface area contributed by atoms with Crippen LogP contribution in [0, 0.1) is 0 Å². The van der Waals surface area contributed by atoms with Gasteiger partial charge in [0.15, 0.2) is 0 Å². The van der Waals surface area contributed by atoms with Gasteiger partial charge < -0.3 is 10.6 Å². The van der Waals surface area contributed by atoms with Crippen LogP contribution in [0.3, 0.4) is 0 Å². The number of hydrogen-bond acceptors (Lipinski definition) is 2. The number of aryl methyl sites for hydroxylation is 1. The summed E-state index contributed by atoms with van der Waals surface area (Å²) in [6.07, 6.45) is 3.37. The molecule has 0 aliphatic heterocycles. The zero-order valence-corrected chi connectivity index (χ0v) is 10.7. The first kappa shape index (κ1) is 13.2. The molecule has 0 fully saturated rings. The third-order valence-electron chi connectivity index (χ3n) is 2.83. The molecule has 0 spiro atoms. The SMILES string of the molecule is CCCc1ccc(C(N)CCN(C)C)cc1. The van der Waals surface area contributed by atoms with Crippen molar-refractivity contribution in [2.45, 2.75) is 32.2 Å². The Labute approximate surface area is 99.5 Å². The van der Waals surface area contributed by atoms with E-state index in [9.17, 15) is 0 Å². The molecule has 1 unspecified atom stereocenters. The Morgan fingerprint density at radius 3 is 2.31 bits per heavy atom. The minimum absolute atomic E-state index is 0.165. The second-order valence-electron chi connectivity index (χ2n) is 4.69. The lowest BCUT2D eigenvalue weighted by molar-refractivity contribution is 0.382. The van der Waals surface area contributed by atoms with Crippen molar-refractivity contribution in [3.05, 3.63) is 35.4 Å². The third kappa shape index (κ3) is 4.33. The molecule has 2 N–H and O–H groups in total. The number of nitrogens with zero attached hydrogens (tertiary/aromatic N) is 1. The maximum Gasteiger partial charge on any atom is 0.0307 e. The highest BCUT2D eigenvalue weighted by atomic mass is 15.0. The summed E-state index contributed by atoms with van der Waals surface area (Å²) < 4.78 is 0. The molecular formula is C14H24N2. The zero-order chi connectivity index (χ0) is 12.0. The quantitative estimate of drug-likeness (QED) is 0.798. The van der Waals surface area contributed by atoms with E-state index in [1.165, 1.54) is 17.5 Å². The molecule has 0 saturated carbocycles. The standard InChI is InChI=1S/C14H24N2/c1-4-5-12-6-8-13(9-7-12)14(15)10-11-16(2)3/h6-9,14H,4-5,10-11,15H2,1-3H3. The smallest absolute Gasteiger partial charge is 0.0307 e. The Morgan fingerprint density at radius 1 is 1.19 bits per heavy atom. The van der Waals surface area contributed by atoms with Gasteiger partial charge in [0.2, 0.25) is 0 Å². The van der Waals surface area contributed by atoms with Crippen LogP contribution in [0.15, 0.2) is 24.3 Å². The van der Waals surface area contributed by atoms with E-state index in [0.29, 0.717) is 0 Å². The van der Waals surface area contributed by atoms with Gasteiger partial charge in [-0.3, -0.25) is 0 Å². The molecule has 0 amide bonds. The first-order valence-electron chi connectivity index (χ1n) is 6.12. The van der Waals surface area contributed by atoms with E-state index in [1.807, 2.05) is 0 Å². The summed E-state index contributed by atoms with van der Waals surface area (Å²) in [6, 6.07) is 8.91. The topological polar surface area (TPSA) is 29.3 Å². The molecule has 0 radical (unpaired) electrons. The highest BCUT2D eigenvalue weighted by Crippen LogP contribution is 2.15. The lowest BCUT2D eigenvalue weighted by Gasteiger charge is -2.15. The van der Waals surface area contributed by atoms with Gasteiger partial charge in [0.1, 0.15) is 0 Å². The Kier molecular flexibility index (Phi) is 5.50. The molecule has 2 heteroatoms. The van der Waals surface area contributed by atoms with E-state index in [-0.39, 0.29) is 6.04 Å². The number of hydrogen-bond donors (Lipinski definition) is 1. The monoisotopic (exact) mass is 220 g/mol. The molecule has 0 heterocycles.